The highest BCUT2D eigenvalue weighted by molar-refractivity contribution is 7.90. The SMILES string of the molecule is C[C@H](CS(C)(=O)=O)NCc1cc(C2CC2)n[nH]1. The first-order valence-corrected chi connectivity index (χ1v) is 7.95. The van der Waals surface area contributed by atoms with Crippen LogP contribution in [0.15, 0.2) is 6.07 Å². The molecule has 6 heteroatoms. The van der Waals surface area contributed by atoms with Crippen LogP contribution in [-0.2, 0) is 16.4 Å². The minimum atomic E-state index is -2.91. The number of nitrogens with zero attached hydrogens (tertiary/aromatic N) is 1. The van der Waals surface area contributed by atoms with Gasteiger partial charge in [-0.2, -0.15) is 5.10 Å². The van der Waals surface area contributed by atoms with Crippen molar-refractivity contribution in [3.63, 3.8) is 0 Å². The van der Waals surface area contributed by atoms with Gasteiger partial charge in [-0.05, 0) is 25.8 Å². The molecule has 1 aromatic heterocycles. The van der Waals surface area contributed by atoms with Crippen LogP contribution in [0.3, 0.4) is 0 Å². The molecular formula is C11H19N3O2S. The van der Waals surface area contributed by atoms with Gasteiger partial charge in [-0.15, -0.1) is 0 Å². The third kappa shape index (κ3) is 4.12. The molecule has 1 fully saturated rings. The second-order valence-corrected chi connectivity index (χ2v) is 7.15. The van der Waals surface area contributed by atoms with Crippen LogP contribution in [0, 0.1) is 0 Å². The molecule has 0 unspecified atom stereocenters. The zero-order valence-electron chi connectivity index (χ0n) is 10.2. The summed E-state index contributed by atoms with van der Waals surface area (Å²) in [6.45, 7) is 2.51. The van der Waals surface area contributed by atoms with Crippen LogP contribution in [0.4, 0.5) is 0 Å². The highest BCUT2D eigenvalue weighted by Gasteiger charge is 2.26. The Balaban J connectivity index is 1.80. The van der Waals surface area contributed by atoms with Crippen molar-refractivity contribution in [2.45, 2.75) is 38.3 Å². The molecule has 0 spiro atoms. The number of aromatic amines is 1. The fourth-order valence-corrected chi connectivity index (χ4v) is 2.88. The van der Waals surface area contributed by atoms with E-state index < -0.39 is 9.84 Å². The molecule has 96 valence electrons. The van der Waals surface area contributed by atoms with E-state index in [1.54, 1.807) is 0 Å². The molecule has 0 radical (unpaired) electrons. The van der Waals surface area contributed by atoms with Crippen LogP contribution in [0.25, 0.3) is 0 Å². The van der Waals surface area contributed by atoms with Gasteiger partial charge in [0.25, 0.3) is 0 Å². The number of rotatable bonds is 6. The molecule has 0 saturated heterocycles. The zero-order chi connectivity index (χ0) is 12.5. The fourth-order valence-electron chi connectivity index (χ4n) is 1.86. The summed E-state index contributed by atoms with van der Waals surface area (Å²) in [6.07, 6.45) is 3.73. The van der Waals surface area contributed by atoms with E-state index in [1.165, 1.54) is 19.1 Å². The summed E-state index contributed by atoms with van der Waals surface area (Å²) in [4.78, 5) is 0. The summed E-state index contributed by atoms with van der Waals surface area (Å²) in [5.74, 6) is 0.810. The van der Waals surface area contributed by atoms with Crippen LogP contribution >= 0.6 is 0 Å². The van der Waals surface area contributed by atoms with E-state index in [-0.39, 0.29) is 11.8 Å². The van der Waals surface area contributed by atoms with Crippen molar-refractivity contribution in [1.82, 2.24) is 15.5 Å². The van der Waals surface area contributed by atoms with Crippen molar-refractivity contribution in [3.8, 4) is 0 Å². The first-order valence-electron chi connectivity index (χ1n) is 5.89. The standard InChI is InChI=1S/C11H19N3O2S/c1-8(7-17(2,15)16)12-6-10-5-11(14-13-10)9-3-4-9/h5,8-9,12H,3-4,6-7H2,1-2H3,(H,13,14)/t8-/m1/s1. The lowest BCUT2D eigenvalue weighted by molar-refractivity contribution is 0.556. The monoisotopic (exact) mass is 257 g/mol. The van der Waals surface area contributed by atoms with E-state index in [1.807, 2.05) is 6.92 Å². The molecule has 0 amide bonds. The van der Waals surface area contributed by atoms with Crippen LogP contribution in [0.2, 0.25) is 0 Å². The Morgan fingerprint density at radius 3 is 2.88 bits per heavy atom. The maximum atomic E-state index is 11.1. The minimum Gasteiger partial charge on any atom is -0.308 e. The van der Waals surface area contributed by atoms with E-state index in [4.69, 9.17) is 0 Å². The Morgan fingerprint density at radius 1 is 1.59 bits per heavy atom. The van der Waals surface area contributed by atoms with Crippen LogP contribution in [0.1, 0.15) is 37.1 Å². The molecule has 1 atom stereocenters. The summed E-state index contributed by atoms with van der Waals surface area (Å²) in [5.41, 5.74) is 2.16. The third-order valence-electron chi connectivity index (χ3n) is 2.84. The van der Waals surface area contributed by atoms with Crippen molar-refractivity contribution in [3.05, 3.63) is 17.5 Å². The average molecular weight is 257 g/mol. The first kappa shape index (κ1) is 12.6. The Hall–Kier alpha value is -0.880. The summed E-state index contributed by atoms with van der Waals surface area (Å²) >= 11 is 0. The number of sulfone groups is 1. The van der Waals surface area contributed by atoms with Gasteiger partial charge in [-0.25, -0.2) is 8.42 Å². The van der Waals surface area contributed by atoms with E-state index in [0.717, 1.165) is 11.4 Å². The van der Waals surface area contributed by atoms with E-state index in [9.17, 15) is 8.42 Å². The van der Waals surface area contributed by atoms with Gasteiger partial charge in [0.15, 0.2) is 0 Å². The Kier molecular flexibility index (Phi) is 3.53. The molecule has 1 aliphatic carbocycles. The molecule has 1 aromatic rings. The lowest BCUT2D eigenvalue weighted by Crippen LogP contribution is -2.32. The average Bonchev–Trinajstić information content (AvgIpc) is 2.93. The van der Waals surface area contributed by atoms with Crippen LogP contribution in [0.5, 0.6) is 0 Å². The minimum absolute atomic E-state index is 0.0438. The summed E-state index contributed by atoms with van der Waals surface area (Å²) in [7, 11) is -2.91. The lowest BCUT2D eigenvalue weighted by Gasteiger charge is -2.11. The van der Waals surface area contributed by atoms with Crippen LogP contribution in [-0.4, -0.2) is 36.7 Å². The molecule has 0 aliphatic heterocycles. The second kappa shape index (κ2) is 4.78. The van der Waals surface area contributed by atoms with Crippen molar-refractivity contribution in [2.24, 2.45) is 0 Å². The number of nitrogens with one attached hydrogen (secondary N) is 2. The van der Waals surface area contributed by atoms with E-state index >= 15 is 0 Å². The van der Waals surface area contributed by atoms with Crippen molar-refractivity contribution in [2.75, 3.05) is 12.0 Å². The normalized spacial score (nSPS) is 18.2. The highest BCUT2D eigenvalue weighted by Crippen LogP contribution is 2.38. The molecule has 2 rings (SSSR count). The zero-order valence-corrected chi connectivity index (χ0v) is 11.0. The molecular weight excluding hydrogens is 238 g/mol. The van der Waals surface area contributed by atoms with Gasteiger partial charge < -0.3 is 5.32 Å². The molecule has 0 bridgehead atoms. The molecule has 1 saturated carbocycles. The number of aromatic nitrogens is 2. The molecule has 1 heterocycles. The predicted molar refractivity (Wildman–Crippen MR) is 66.6 cm³/mol. The third-order valence-corrected chi connectivity index (χ3v) is 3.95. The largest absolute Gasteiger partial charge is 0.308 e. The van der Waals surface area contributed by atoms with Gasteiger partial charge in [-0.3, -0.25) is 5.10 Å². The topological polar surface area (TPSA) is 74.8 Å². The van der Waals surface area contributed by atoms with Gasteiger partial charge in [0, 0.05) is 30.5 Å². The first-order chi connectivity index (χ1) is 7.94. The molecule has 0 aromatic carbocycles. The fraction of sp³-hybridized carbons (Fsp3) is 0.727. The smallest absolute Gasteiger partial charge is 0.148 e. The van der Waals surface area contributed by atoms with Crippen molar-refractivity contribution in [1.29, 1.82) is 0 Å². The van der Waals surface area contributed by atoms with Gasteiger partial charge >= 0.3 is 0 Å². The number of hydrogen-bond acceptors (Lipinski definition) is 4. The molecule has 1 aliphatic rings. The van der Waals surface area contributed by atoms with Crippen molar-refractivity contribution < 1.29 is 8.42 Å². The second-order valence-electron chi connectivity index (χ2n) is 4.97. The Morgan fingerprint density at radius 2 is 2.29 bits per heavy atom. The molecule has 17 heavy (non-hydrogen) atoms. The number of H-pyrrole nitrogens is 1. The maximum absolute atomic E-state index is 11.1. The van der Waals surface area contributed by atoms with Gasteiger partial charge in [0.05, 0.1) is 11.4 Å². The van der Waals surface area contributed by atoms with Gasteiger partial charge in [-0.1, -0.05) is 0 Å². The molecule has 2 N–H and O–H groups in total. The Labute approximate surface area is 102 Å². The van der Waals surface area contributed by atoms with Crippen molar-refractivity contribution >= 4 is 9.84 Å². The number of hydrogen-bond donors (Lipinski definition) is 2. The Bertz CT molecular complexity index is 477. The molecule has 5 nitrogen and oxygen atoms in total. The highest BCUT2D eigenvalue weighted by atomic mass is 32.2. The summed E-state index contributed by atoms with van der Waals surface area (Å²) in [5, 5.41) is 10.4. The van der Waals surface area contributed by atoms with Crippen LogP contribution < -0.4 is 5.32 Å². The van der Waals surface area contributed by atoms with E-state index in [0.29, 0.717) is 12.5 Å². The summed E-state index contributed by atoms with van der Waals surface area (Å²) < 4.78 is 22.2. The predicted octanol–water partition coefficient (Wildman–Crippen LogP) is 0.810. The quantitative estimate of drug-likeness (QED) is 0.791. The maximum Gasteiger partial charge on any atom is 0.148 e. The lowest BCUT2D eigenvalue weighted by atomic mass is 10.2. The van der Waals surface area contributed by atoms with Gasteiger partial charge in [0.2, 0.25) is 0 Å². The van der Waals surface area contributed by atoms with E-state index in [2.05, 4.69) is 21.6 Å². The van der Waals surface area contributed by atoms with Gasteiger partial charge in [0.1, 0.15) is 9.84 Å². The summed E-state index contributed by atoms with van der Waals surface area (Å²) in [6, 6.07) is 2.02.